The van der Waals surface area contributed by atoms with Crippen LogP contribution in [0, 0.1) is 6.92 Å². The molecule has 1 heterocycles. The molecular formula is C12H16ClNO. The molecule has 1 aromatic carbocycles. The number of hydrogen-bond donors (Lipinski definition) is 1. The summed E-state index contributed by atoms with van der Waals surface area (Å²) in [5.74, 6) is 0.941. The molecule has 2 nitrogen and oxygen atoms in total. The summed E-state index contributed by atoms with van der Waals surface area (Å²) < 4.78 is 5.39. The summed E-state index contributed by atoms with van der Waals surface area (Å²) in [4.78, 5) is 0. The first kappa shape index (κ1) is 10.8. The van der Waals surface area contributed by atoms with Crippen molar-refractivity contribution in [1.82, 2.24) is 5.32 Å². The van der Waals surface area contributed by atoms with Gasteiger partial charge in [-0.15, -0.1) is 0 Å². The number of ether oxygens (including phenoxy) is 1. The molecule has 1 N–H and O–H groups in total. The Morgan fingerprint density at radius 1 is 1.47 bits per heavy atom. The third-order valence-corrected chi connectivity index (χ3v) is 3.45. The van der Waals surface area contributed by atoms with E-state index in [1.807, 2.05) is 12.1 Å². The molecule has 15 heavy (non-hydrogen) atoms. The van der Waals surface area contributed by atoms with E-state index in [1.165, 1.54) is 12.0 Å². The largest absolute Gasteiger partial charge is 0.496 e. The Hall–Kier alpha value is -0.730. The van der Waals surface area contributed by atoms with Crippen LogP contribution in [0.3, 0.4) is 0 Å². The minimum atomic E-state index is 0.402. The van der Waals surface area contributed by atoms with Crippen LogP contribution < -0.4 is 10.1 Å². The minimum absolute atomic E-state index is 0.402. The Balaban J connectivity index is 2.45. The van der Waals surface area contributed by atoms with Crippen molar-refractivity contribution in [2.75, 3.05) is 13.7 Å². The van der Waals surface area contributed by atoms with Gasteiger partial charge in [-0.1, -0.05) is 11.6 Å². The van der Waals surface area contributed by atoms with Gasteiger partial charge in [0.25, 0.3) is 0 Å². The van der Waals surface area contributed by atoms with E-state index >= 15 is 0 Å². The molecule has 1 aliphatic rings. The van der Waals surface area contributed by atoms with Gasteiger partial charge in [0.2, 0.25) is 0 Å². The molecule has 82 valence electrons. The SMILES string of the molecule is COc1ccc(Cl)c(C)c1C1CCCN1. The molecule has 0 aromatic heterocycles. The summed E-state index contributed by atoms with van der Waals surface area (Å²) in [5, 5.41) is 4.30. The van der Waals surface area contributed by atoms with Crippen molar-refractivity contribution in [1.29, 1.82) is 0 Å². The fourth-order valence-electron chi connectivity index (χ4n) is 2.22. The van der Waals surface area contributed by atoms with Gasteiger partial charge in [0.05, 0.1) is 7.11 Å². The van der Waals surface area contributed by atoms with E-state index < -0.39 is 0 Å². The number of benzene rings is 1. The van der Waals surface area contributed by atoms with E-state index in [0.29, 0.717) is 6.04 Å². The van der Waals surface area contributed by atoms with Gasteiger partial charge in [-0.2, -0.15) is 0 Å². The molecule has 0 aliphatic carbocycles. The van der Waals surface area contributed by atoms with Crippen molar-refractivity contribution < 1.29 is 4.74 Å². The zero-order valence-electron chi connectivity index (χ0n) is 9.14. The highest BCUT2D eigenvalue weighted by Gasteiger charge is 2.22. The van der Waals surface area contributed by atoms with Crippen LogP contribution in [0.5, 0.6) is 5.75 Å². The average Bonchev–Trinajstić information content (AvgIpc) is 2.75. The topological polar surface area (TPSA) is 21.3 Å². The smallest absolute Gasteiger partial charge is 0.124 e. The summed E-state index contributed by atoms with van der Waals surface area (Å²) in [5.41, 5.74) is 2.36. The maximum Gasteiger partial charge on any atom is 0.124 e. The number of hydrogen-bond acceptors (Lipinski definition) is 2. The van der Waals surface area contributed by atoms with Crippen LogP contribution >= 0.6 is 11.6 Å². The van der Waals surface area contributed by atoms with Gasteiger partial charge in [0, 0.05) is 16.6 Å². The Bertz CT molecular complexity index is 359. The normalized spacial score (nSPS) is 20.6. The Morgan fingerprint density at radius 3 is 2.87 bits per heavy atom. The summed E-state index contributed by atoms with van der Waals surface area (Å²) in [6, 6.07) is 4.25. The van der Waals surface area contributed by atoms with Crippen LogP contribution in [0.25, 0.3) is 0 Å². The van der Waals surface area contributed by atoms with E-state index in [1.54, 1.807) is 7.11 Å². The molecule has 1 fully saturated rings. The number of halogens is 1. The molecule has 1 atom stereocenters. The zero-order chi connectivity index (χ0) is 10.8. The molecule has 0 bridgehead atoms. The van der Waals surface area contributed by atoms with Crippen LogP contribution in [0.2, 0.25) is 5.02 Å². The zero-order valence-corrected chi connectivity index (χ0v) is 9.90. The first-order valence-corrected chi connectivity index (χ1v) is 5.68. The van der Waals surface area contributed by atoms with E-state index in [-0.39, 0.29) is 0 Å². The summed E-state index contributed by atoms with van der Waals surface area (Å²) in [7, 11) is 1.71. The van der Waals surface area contributed by atoms with Gasteiger partial charge in [-0.05, 0) is 44.0 Å². The fourth-order valence-corrected chi connectivity index (χ4v) is 2.38. The Kier molecular flexibility index (Phi) is 3.17. The van der Waals surface area contributed by atoms with Crippen molar-refractivity contribution in [3.8, 4) is 5.75 Å². The van der Waals surface area contributed by atoms with Gasteiger partial charge >= 0.3 is 0 Å². The molecule has 2 rings (SSSR count). The predicted molar refractivity (Wildman–Crippen MR) is 62.7 cm³/mol. The van der Waals surface area contributed by atoms with Gasteiger partial charge < -0.3 is 10.1 Å². The van der Waals surface area contributed by atoms with E-state index in [4.69, 9.17) is 16.3 Å². The lowest BCUT2D eigenvalue weighted by molar-refractivity contribution is 0.402. The molecule has 1 aliphatic heterocycles. The average molecular weight is 226 g/mol. The summed E-state index contributed by atoms with van der Waals surface area (Å²) in [6.45, 7) is 3.14. The maximum absolute atomic E-state index is 6.14. The van der Waals surface area contributed by atoms with Crippen molar-refractivity contribution in [2.45, 2.75) is 25.8 Å². The minimum Gasteiger partial charge on any atom is -0.496 e. The van der Waals surface area contributed by atoms with Gasteiger partial charge in [0.15, 0.2) is 0 Å². The summed E-state index contributed by atoms with van der Waals surface area (Å²) >= 11 is 6.14. The quantitative estimate of drug-likeness (QED) is 0.835. The highest BCUT2D eigenvalue weighted by Crippen LogP contribution is 2.36. The van der Waals surface area contributed by atoms with Crippen LogP contribution in [0.1, 0.15) is 30.0 Å². The van der Waals surface area contributed by atoms with Crippen LogP contribution in [0.4, 0.5) is 0 Å². The maximum atomic E-state index is 6.14. The standard InChI is InChI=1S/C12H16ClNO/c1-8-9(13)5-6-11(15-2)12(8)10-4-3-7-14-10/h5-6,10,14H,3-4,7H2,1-2H3. The van der Waals surface area contributed by atoms with Gasteiger partial charge in [-0.25, -0.2) is 0 Å². The third-order valence-electron chi connectivity index (χ3n) is 3.04. The second-order valence-corrected chi connectivity index (χ2v) is 4.34. The molecule has 1 unspecified atom stereocenters. The Labute approximate surface area is 95.6 Å². The lowest BCUT2D eigenvalue weighted by atomic mass is 9.99. The highest BCUT2D eigenvalue weighted by molar-refractivity contribution is 6.31. The van der Waals surface area contributed by atoms with Gasteiger partial charge in [0.1, 0.15) is 5.75 Å². The molecule has 0 radical (unpaired) electrons. The lowest BCUT2D eigenvalue weighted by Gasteiger charge is -2.18. The van der Waals surface area contributed by atoms with Crippen molar-refractivity contribution in [3.05, 3.63) is 28.3 Å². The van der Waals surface area contributed by atoms with Crippen molar-refractivity contribution in [2.24, 2.45) is 0 Å². The molecule has 1 aromatic rings. The van der Waals surface area contributed by atoms with Crippen LogP contribution in [0.15, 0.2) is 12.1 Å². The monoisotopic (exact) mass is 225 g/mol. The fraction of sp³-hybridized carbons (Fsp3) is 0.500. The van der Waals surface area contributed by atoms with Crippen molar-refractivity contribution in [3.63, 3.8) is 0 Å². The first-order chi connectivity index (χ1) is 7.24. The Morgan fingerprint density at radius 2 is 2.27 bits per heavy atom. The second kappa shape index (κ2) is 4.42. The molecular weight excluding hydrogens is 210 g/mol. The highest BCUT2D eigenvalue weighted by atomic mass is 35.5. The second-order valence-electron chi connectivity index (χ2n) is 3.94. The first-order valence-electron chi connectivity index (χ1n) is 5.30. The lowest BCUT2D eigenvalue weighted by Crippen LogP contribution is -2.15. The predicted octanol–water partition coefficient (Wildman–Crippen LogP) is 3.08. The molecule has 0 spiro atoms. The summed E-state index contributed by atoms with van der Waals surface area (Å²) in [6.07, 6.45) is 2.39. The van der Waals surface area contributed by atoms with E-state index in [0.717, 1.165) is 29.3 Å². The van der Waals surface area contributed by atoms with Crippen LogP contribution in [-0.4, -0.2) is 13.7 Å². The van der Waals surface area contributed by atoms with Crippen molar-refractivity contribution >= 4 is 11.6 Å². The van der Waals surface area contributed by atoms with E-state index in [9.17, 15) is 0 Å². The molecule has 1 saturated heterocycles. The van der Waals surface area contributed by atoms with Crippen LogP contribution in [-0.2, 0) is 0 Å². The van der Waals surface area contributed by atoms with Gasteiger partial charge in [-0.3, -0.25) is 0 Å². The number of nitrogens with one attached hydrogen (secondary N) is 1. The molecule has 0 amide bonds. The van der Waals surface area contributed by atoms with E-state index in [2.05, 4.69) is 12.2 Å². The number of methoxy groups -OCH3 is 1. The molecule has 3 heteroatoms. The third kappa shape index (κ3) is 1.97. The number of rotatable bonds is 2. The molecule has 0 saturated carbocycles.